The van der Waals surface area contributed by atoms with Crippen molar-refractivity contribution in [2.75, 3.05) is 7.11 Å². The van der Waals surface area contributed by atoms with Gasteiger partial charge in [0.25, 0.3) is 5.91 Å². The monoisotopic (exact) mass is 636 g/mol. The Hall–Kier alpha value is -2.92. The molecule has 3 amide bonds. The van der Waals surface area contributed by atoms with Gasteiger partial charge >= 0.3 is 5.92 Å². The van der Waals surface area contributed by atoms with Crippen molar-refractivity contribution in [3.63, 3.8) is 0 Å². The van der Waals surface area contributed by atoms with Crippen LogP contribution >= 0.6 is 0 Å². The SMILES string of the molecule is CCCC(N)C(F)(F)C(=O)C(CC1CCCCC1)N(C(=O)[C@H](Cc1ccc(OC)cc1)NC(=O)CC(C)C)C(=O)[C@@H](N)C(C)C. The van der Waals surface area contributed by atoms with Crippen molar-refractivity contribution in [1.82, 2.24) is 10.2 Å². The summed E-state index contributed by atoms with van der Waals surface area (Å²) in [7, 11) is 1.51. The van der Waals surface area contributed by atoms with E-state index in [1.54, 1.807) is 45.0 Å². The van der Waals surface area contributed by atoms with Crippen LogP contribution in [0.5, 0.6) is 5.75 Å². The summed E-state index contributed by atoms with van der Waals surface area (Å²) in [4.78, 5) is 56.2. The maximum atomic E-state index is 15.8. The predicted octanol–water partition coefficient (Wildman–Crippen LogP) is 4.78. The predicted molar refractivity (Wildman–Crippen MR) is 171 cm³/mol. The summed E-state index contributed by atoms with van der Waals surface area (Å²) >= 11 is 0. The number of ketones is 1. The molecule has 0 spiro atoms. The number of alkyl halides is 2. The Labute approximate surface area is 267 Å². The molecule has 1 aliphatic rings. The molecule has 0 radical (unpaired) electrons. The lowest BCUT2D eigenvalue weighted by Gasteiger charge is -2.38. The van der Waals surface area contributed by atoms with Crippen LogP contribution in [0.15, 0.2) is 24.3 Å². The summed E-state index contributed by atoms with van der Waals surface area (Å²) in [5.41, 5.74) is 12.7. The van der Waals surface area contributed by atoms with E-state index in [4.69, 9.17) is 16.2 Å². The topological polar surface area (TPSA) is 145 Å². The fourth-order valence-electron chi connectivity index (χ4n) is 5.82. The van der Waals surface area contributed by atoms with Crippen molar-refractivity contribution >= 4 is 23.5 Å². The highest BCUT2D eigenvalue weighted by molar-refractivity contribution is 6.06. The summed E-state index contributed by atoms with van der Waals surface area (Å²) in [6.45, 7) is 8.72. The molecule has 254 valence electrons. The van der Waals surface area contributed by atoms with Crippen molar-refractivity contribution < 1.29 is 32.7 Å². The van der Waals surface area contributed by atoms with Crippen LogP contribution in [0.4, 0.5) is 8.78 Å². The third-order valence-corrected chi connectivity index (χ3v) is 8.59. The van der Waals surface area contributed by atoms with Gasteiger partial charge in [0.2, 0.25) is 17.6 Å². The van der Waals surface area contributed by atoms with E-state index in [2.05, 4.69) is 5.32 Å². The number of benzene rings is 1. The van der Waals surface area contributed by atoms with Crippen LogP contribution < -0.4 is 21.5 Å². The minimum Gasteiger partial charge on any atom is -0.497 e. The average molecular weight is 637 g/mol. The van der Waals surface area contributed by atoms with Gasteiger partial charge in [-0.1, -0.05) is 85.3 Å². The summed E-state index contributed by atoms with van der Waals surface area (Å²) in [6, 6.07) is 0.649. The highest BCUT2D eigenvalue weighted by Gasteiger charge is 2.52. The van der Waals surface area contributed by atoms with E-state index in [1.165, 1.54) is 7.11 Å². The Balaban J connectivity index is 2.69. The van der Waals surface area contributed by atoms with Gasteiger partial charge < -0.3 is 21.5 Å². The zero-order chi connectivity index (χ0) is 33.9. The van der Waals surface area contributed by atoms with Crippen LogP contribution in [0, 0.1) is 17.8 Å². The van der Waals surface area contributed by atoms with Crippen molar-refractivity contribution in [3.05, 3.63) is 29.8 Å². The summed E-state index contributed by atoms with van der Waals surface area (Å²) in [5, 5.41) is 2.73. The molecule has 4 atom stereocenters. The number of nitrogens with two attached hydrogens (primary N) is 2. The van der Waals surface area contributed by atoms with Gasteiger partial charge in [0.05, 0.1) is 19.2 Å². The minimum absolute atomic E-state index is 0.0341. The fraction of sp³-hybridized carbons (Fsp3) is 0.706. The number of nitrogens with one attached hydrogen (secondary N) is 1. The number of methoxy groups -OCH3 is 1. The Morgan fingerprint density at radius 2 is 1.60 bits per heavy atom. The molecular weight excluding hydrogens is 582 g/mol. The maximum Gasteiger partial charge on any atom is 0.322 e. The minimum atomic E-state index is -4.00. The standard InChI is InChI=1S/C34H54F2N4O5/c1-7-11-28(37)34(35,36)31(42)27(20-23-12-9-8-10-13-23)40(33(44)30(38)22(4)5)32(43)26(39-29(41)18-21(2)3)19-24-14-16-25(45-6)17-15-24/h14-17,21-23,26-28,30H,7-13,18-20,37-38H2,1-6H3,(H,39,41)/t26-,27?,28?,30-/m0/s1. The molecule has 0 bridgehead atoms. The van der Waals surface area contributed by atoms with Crippen molar-refractivity contribution in [2.24, 2.45) is 29.2 Å². The molecule has 11 heteroatoms. The number of carbonyl (C=O) groups excluding carboxylic acids is 4. The summed E-state index contributed by atoms with van der Waals surface area (Å²) < 4.78 is 36.8. The van der Waals surface area contributed by atoms with Gasteiger partial charge in [-0.15, -0.1) is 0 Å². The third-order valence-electron chi connectivity index (χ3n) is 8.59. The van der Waals surface area contributed by atoms with Gasteiger partial charge in [0.15, 0.2) is 0 Å². The molecule has 1 aliphatic carbocycles. The van der Waals surface area contributed by atoms with Crippen LogP contribution in [0.2, 0.25) is 0 Å². The lowest BCUT2D eigenvalue weighted by molar-refractivity contribution is -0.164. The second-order valence-electron chi connectivity index (χ2n) is 13.2. The van der Waals surface area contributed by atoms with Gasteiger partial charge in [-0.25, -0.2) is 0 Å². The van der Waals surface area contributed by atoms with E-state index in [-0.39, 0.29) is 37.5 Å². The number of hydrogen-bond donors (Lipinski definition) is 3. The Kier molecular flexibility index (Phi) is 15.0. The molecule has 2 unspecified atom stereocenters. The van der Waals surface area contributed by atoms with Gasteiger partial charge in [0, 0.05) is 12.8 Å². The summed E-state index contributed by atoms with van der Waals surface area (Å²) in [6.07, 6.45) is 4.20. The highest BCUT2D eigenvalue weighted by atomic mass is 19.3. The van der Waals surface area contributed by atoms with Crippen LogP contribution in [-0.4, -0.2) is 65.6 Å². The molecular formula is C34H54F2N4O5. The number of amides is 3. The molecule has 1 saturated carbocycles. The van der Waals surface area contributed by atoms with Gasteiger partial charge in [-0.2, -0.15) is 8.78 Å². The van der Waals surface area contributed by atoms with Crippen LogP contribution in [-0.2, 0) is 25.6 Å². The first-order valence-corrected chi connectivity index (χ1v) is 16.4. The molecule has 2 rings (SSSR count). The molecule has 0 saturated heterocycles. The third kappa shape index (κ3) is 10.8. The fourth-order valence-corrected chi connectivity index (χ4v) is 5.82. The number of ether oxygens (including phenoxy) is 1. The van der Waals surface area contributed by atoms with E-state index >= 15 is 8.78 Å². The number of rotatable bonds is 17. The number of imide groups is 1. The van der Waals surface area contributed by atoms with Crippen LogP contribution in [0.3, 0.4) is 0 Å². The molecule has 1 fully saturated rings. The number of carbonyl (C=O) groups is 4. The molecule has 45 heavy (non-hydrogen) atoms. The Bertz CT molecular complexity index is 1120. The first-order chi connectivity index (χ1) is 21.1. The Morgan fingerprint density at radius 1 is 1.00 bits per heavy atom. The largest absolute Gasteiger partial charge is 0.497 e. The van der Waals surface area contributed by atoms with Gasteiger partial charge in [0.1, 0.15) is 17.8 Å². The molecule has 0 aliphatic heterocycles. The molecule has 0 aromatic heterocycles. The van der Waals surface area contributed by atoms with Gasteiger partial charge in [-0.3, -0.25) is 24.1 Å². The van der Waals surface area contributed by atoms with E-state index < -0.39 is 59.5 Å². The first-order valence-electron chi connectivity index (χ1n) is 16.4. The highest BCUT2D eigenvalue weighted by Crippen LogP contribution is 2.34. The van der Waals surface area contributed by atoms with Crippen LogP contribution in [0.1, 0.15) is 98.0 Å². The van der Waals surface area contributed by atoms with E-state index in [0.717, 1.165) is 19.3 Å². The maximum absolute atomic E-state index is 15.8. The molecule has 0 heterocycles. The number of nitrogens with zero attached hydrogens (tertiary/aromatic N) is 1. The smallest absolute Gasteiger partial charge is 0.322 e. The van der Waals surface area contributed by atoms with Crippen molar-refractivity contribution in [2.45, 2.75) is 129 Å². The van der Waals surface area contributed by atoms with Crippen molar-refractivity contribution in [1.29, 1.82) is 0 Å². The second-order valence-corrected chi connectivity index (χ2v) is 13.2. The zero-order valence-electron chi connectivity index (χ0n) is 27.8. The average Bonchev–Trinajstić information content (AvgIpc) is 2.99. The van der Waals surface area contributed by atoms with E-state index in [9.17, 15) is 19.2 Å². The van der Waals surface area contributed by atoms with Crippen LogP contribution in [0.25, 0.3) is 0 Å². The first kappa shape index (κ1) is 38.3. The lowest BCUT2D eigenvalue weighted by Crippen LogP contribution is -2.64. The Morgan fingerprint density at radius 3 is 2.11 bits per heavy atom. The van der Waals surface area contributed by atoms with Gasteiger partial charge in [-0.05, 0) is 48.3 Å². The van der Waals surface area contributed by atoms with E-state index in [0.29, 0.717) is 35.5 Å². The molecule has 9 nitrogen and oxygen atoms in total. The number of hydrogen-bond acceptors (Lipinski definition) is 7. The van der Waals surface area contributed by atoms with E-state index in [1.807, 2.05) is 13.8 Å². The van der Waals surface area contributed by atoms with Crippen molar-refractivity contribution in [3.8, 4) is 5.75 Å². The molecule has 1 aromatic carbocycles. The zero-order valence-corrected chi connectivity index (χ0v) is 27.8. The number of Topliss-reactive ketones (excluding diaryl/α,β-unsaturated/α-hetero) is 1. The lowest BCUT2D eigenvalue weighted by atomic mass is 9.81. The molecule has 1 aromatic rings. The summed E-state index contributed by atoms with van der Waals surface area (Å²) in [5.74, 6) is -7.95. The normalized spacial score (nSPS) is 17.0. The quantitative estimate of drug-likeness (QED) is 0.223. The second kappa shape index (κ2) is 17.7. The molecule has 5 N–H and O–H groups in total. The number of halogens is 2.